The van der Waals surface area contributed by atoms with Gasteiger partial charge in [-0.05, 0) is 31.0 Å². The fraction of sp³-hybridized carbons (Fsp3) is 0.500. The average Bonchev–Trinajstić information content (AvgIpc) is 2.89. The Morgan fingerprint density at radius 3 is 2.83 bits per heavy atom. The summed E-state index contributed by atoms with van der Waals surface area (Å²) in [6.45, 7) is 0. The lowest BCUT2D eigenvalue weighted by Gasteiger charge is -2.10. The van der Waals surface area contributed by atoms with E-state index in [-0.39, 0.29) is 5.78 Å². The zero-order valence-electron chi connectivity index (χ0n) is 10.4. The highest BCUT2D eigenvalue weighted by Gasteiger charge is 2.19. The van der Waals surface area contributed by atoms with Gasteiger partial charge in [-0.3, -0.25) is 4.79 Å². The molecule has 1 saturated carbocycles. The predicted molar refractivity (Wildman–Crippen MR) is 72.0 cm³/mol. The van der Waals surface area contributed by atoms with E-state index in [1.165, 1.54) is 51.0 Å². The van der Waals surface area contributed by atoms with Gasteiger partial charge in [-0.2, -0.15) is 11.8 Å². The molecule has 0 radical (unpaired) electrons. The lowest BCUT2D eigenvalue weighted by molar-refractivity contribution is 0.101. The van der Waals surface area contributed by atoms with E-state index in [0.29, 0.717) is 22.3 Å². The van der Waals surface area contributed by atoms with E-state index in [1.807, 2.05) is 0 Å². The summed E-state index contributed by atoms with van der Waals surface area (Å²) in [6, 6.07) is 4.07. The molecule has 0 heterocycles. The molecule has 1 fully saturated rings. The van der Waals surface area contributed by atoms with E-state index in [2.05, 4.69) is 0 Å². The van der Waals surface area contributed by atoms with Gasteiger partial charge in [0.1, 0.15) is 11.6 Å². The SMILES string of the molecule is COc1ccc(F)cc1C(=O)CSC1CCCC1. The molecular formula is C14H17FO2S. The molecule has 18 heavy (non-hydrogen) atoms. The van der Waals surface area contributed by atoms with Crippen molar-refractivity contribution in [2.75, 3.05) is 12.9 Å². The maximum atomic E-state index is 13.2. The molecule has 0 amide bonds. The summed E-state index contributed by atoms with van der Waals surface area (Å²) in [6.07, 6.45) is 4.90. The first-order chi connectivity index (χ1) is 8.70. The molecule has 0 saturated heterocycles. The first kappa shape index (κ1) is 13.4. The Morgan fingerprint density at radius 2 is 2.17 bits per heavy atom. The van der Waals surface area contributed by atoms with Gasteiger partial charge in [-0.15, -0.1) is 0 Å². The fourth-order valence-corrected chi connectivity index (χ4v) is 3.43. The second-order valence-corrected chi connectivity index (χ2v) is 5.77. The largest absolute Gasteiger partial charge is 0.496 e. The van der Waals surface area contributed by atoms with E-state index >= 15 is 0 Å². The molecule has 0 aliphatic heterocycles. The molecule has 1 aliphatic carbocycles. The quantitative estimate of drug-likeness (QED) is 0.762. The third-order valence-corrected chi connectivity index (χ3v) is 4.59. The van der Waals surface area contributed by atoms with Crippen molar-refractivity contribution in [2.45, 2.75) is 30.9 Å². The molecule has 1 aliphatic rings. The van der Waals surface area contributed by atoms with Crippen LogP contribution in [0.15, 0.2) is 18.2 Å². The molecule has 0 spiro atoms. The van der Waals surface area contributed by atoms with E-state index in [4.69, 9.17) is 4.74 Å². The number of methoxy groups -OCH3 is 1. The van der Waals surface area contributed by atoms with Gasteiger partial charge in [0.25, 0.3) is 0 Å². The Kier molecular flexibility index (Phi) is 4.64. The van der Waals surface area contributed by atoms with Crippen LogP contribution in [0.1, 0.15) is 36.0 Å². The van der Waals surface area contributed by atoms with Crippen molar-refractivity contribution in [1.29, 1.82) is 0 Å². The van der Waals surface area contributed by atoms with Gasteiger partial charge in [0.15, 0.2) is 5.78 Å². The number of carbonyl (C=O) groups excluding carboxylic acids is 1. The van der Waals surface area contributed by atoms with Crippen LogP contribution in [0, 0.1) is 5.82 Å². The summed E-state index contributed by atoms with van der Waals surface area (Å²) in [5, 5.41) is 0.591. The number of halogens is 1. The van der Waals surface area contributed by atoms with Crippen molar-refractivity contribution < 1.29 is 13.9 Å². The summed E-state index contributed by atoms with van der Waals surface area (Å²) in [5.41, 5.74) is 0.350. The van der Waals surface area contributed by atoms with Crippen LogP contribution in [0.5, 0.6) is 5.75 Å². The number of carbonyl (C=O) groups is 1. The van der Waals surface area contributed by atoms with E-state index < -0.39 is 5.82 Å². The number of ketones is 1. The molecule has 1 aromatic carbocycles. The van der Waals surface area contributed by atoms with Crippen molar-refractivity contribution in [3.8, 4) is 5.75 Å². The first-order valence-electron chi connectivity index (χ1n) is 6.19. The lowest BCUT2D eigenvalue weighted by Crippen LogP contribution is -2.08. The van der Waals surface area contributed by atoms with Gasteiger partial charge < -0.3 is 4.74 Å². The Balaban J connectivity index is 2.00. The van der Waals surface area contributed by atoms with Crippen LogP contribution >= 0.6 is 11.8 Å². The standard InChI is InChI=1S/C14H17FO2S/c1-17-14-7-6-10(15)8-12(14)13(16)9-18-11-4-2-3-5-11/h6-8,11H,2-5,9H2,1H3. The van der Waals surface area contributed by atoms with Crippen LogP contribution in [-0.4, -0.2) is 23.9 Å². The van der Waals surface area contributed by atoms with Gasteiger partial charge in [-0.1, -0.05) is 12.8 Å². The van der Waals surface area contributed by atoms with Crippen LogP contribution < -0.4 is 4.74 Å². The van der Waals surface area contributed by atoms with Crippen molar-refractivity contribution in [3.63, 3.8) is 0 Å². The number of benzene rings is 1. The maximum absolute atomic E-state index is 13.2. The molecule has 1 aromatic rings. The van der Waals surface area contributed by atoms with Gasteiger partial charge in [-0.25, -0.2) is 4.39 Å². The second-order valence-electron chi connectivity index (χ2n) is 4.49. The molecule has 0 atom stereocenters. The first-order valence-corrected chi connectivity index (χ1v) is 7.24. The number of rotatable bonds is 5. The molecule has 0 aromatic heterocycles. The fourth-order valence-electron chi connectivity index (χ4n) is 2.22. The highest BCUT2D eigenvalue weighted by Crippen LogP contribution is 2.30. The Hall–Kier alpha value is -1.03. The number of Topliss-reactive ketones (excluding diaryl/α,β-unsaturated/α-hetero) is 1. The van der Waals surface area contributed by atoms with Crippen LogP contribution in [0.3, 0.4) is 0 Å². The van der Waals surface area contributed by atoms with Crippen molar-refractivity contribution in [1.82, 2.24) is 0 Å². The summed E-state index contributed by atoms with van der Waals surface area (Å²) < 4.78 is 18.3. The number of ether oxygens (including phenoxy) is 1. The van der Waals surface area contributed by atoms with Gasteiger partial charge >= 0.3 is 0 Å². The normalized spacial score (nSPS) is 15.9. The summed E-state index contributed by atoms with van der Waals surface area (Å²) in [5.74, 6) is 0.409. The smallest absolute Gasteiger partial charge is 0.176 e. The van der Waals surface area contributed by atoms with Gasteiger partial charge in [0.05, 0.1) is 18.4 Å². The predicted octanol–water partition coefficient (Wildman–Crippen LogP) is 3.69. The molecule has 2 nitrogen and oxygen atoms in total. The number of thioether (sulfide) groups is 1. The summed E-state index contributed by atoms with van der Waals surface area (Å²) in [7, 11) is 1.49. The lowest BCUT2D eigenvalue weighted by atomic mass is 10.1. The average molecular weight is 268 g/mol. The van der Waals surface area contributed by atoms with Crippen LogP contribution in [0.25, 0.3) is 0 Å². The molecule has 2 rings (SSSR count). The molecule has 0 unspecified atom stereocenters. The Morgan fingerprint density at radius 1 is 1.44 bits per heavy atom. The molecule has 0 N–H and O–H groups in total. The summed E-state index contributed by atoms with van der Waals surface area (Å²) >= 11 is 1.68. The van der Waals surface area contributed by atoms with Crippen LogP contribution in [0.4, 0.5) is 4.39 Å². The second kappa shape index (κ2) is 6.23. The zero-order chi connectivity index (χ0) is 13.0. The Labute approximate surface area is 111 Å². The third kappa shape index (κ3) is 3.25. The maximum Gasteiger partial charge on any atom is 0.176 e. The Bertz CT molecular complexity index is 428. The third-order valence-electron chi connectivity index (χ3n) is 3.21. The van der Waals surface area contributed by atoms with Gasteiger partial charge in [0.2, 0.25) is 0 Å². The van der Waals surface area contributed by atoms with Crippen molar-refractivity contribution in [3.05, 3.63) is 29.6 Å². The molecular weight excluding hydrogens is 251 g/mol. The van der Waals surface area contributed by atoms with E-state index in [1.54, 1.807) is 11.8 Å². The summed E-state index contributed by atoms with van der Waals surface area (Å²) in [4.78, 5) is 12.1. The number of hydrogen-bond acceptors (Lipinski definition) is 3. The number of hydrogen-bond donors (Lipinski definition) is 0. The van der Waals surface area contributed by atoms with E-state index in [0.717, 1.165) is 0 Å². The monoisotopic (exact) mass is 268 g/mol. The minimum absolute atomic E-state index is 0.0525. The zero-order valence-corrected chi connectivity index (χ0v) is 11.3. The van der Waals surface area contributed by atoms with E-state index in [9.17, 15) is 9.18 Å². The highest BCUT2D eigenvalue weighted by atomic mass is 32.2. The topological polar surface area (TPSA) is 26.3 Å². The minimum atomic E-state index is -0.398. The molecule has 98 valence electrons. The van der Waals surface area contributed by atoms with Crippen LogP contribution in [-0.2, 0) is 0 Å². The highest BCUT2D eigenvalue weighted by molar-refractivity contribution is 8.00. The van der Waals surface area contributed by atoms with Gasteiger partial charge in [0, 0.05) is 5.25 Å². The minimum Gasteiger partial charge on any atom is -0.496 e. The molecule has 0 bridgehead atoms. The molecule has 4 heteroatoms. The van der Waals surface area contributed by atoms with Crippen molar-refractivity contribution in [2.24, 2.45) is 0 Å². The van der Waals surface area contributed by atoms with Crippen molar-refractivity contribution >= 4 is 17.5 Å². The van der Waals surface area contributed by atoms with Crippen LogP contribution in [0.2, 0.25) is 0 Å².